The Morgan fingerprint density at radius 2 is 1.82 bits per heavy atom. The van der Waals surface area contributed by atoms with E-state index in [2.05, 4.69) is 5.32 Å². The monoisotopic (exact) mass is 396 g/mol. The highest BCUT2D eigenvalue weighted by molar-refractivity contribution is 5.74. The van der Waals surface area contributed by atoms with Crippen LogP contribution in [0.25, 0.3) is 0 Å². The molecule has 2 aromatic rings. The SMILES string of the molecule is COc1ccc(OC)c(C(C)NC(=O)N(C)Cc2ccccc2C(F)(F)F)c1. The molecule has 152 valence electrons. The molecule has 1 N–H and O–H groups in total. The Kier molecular flexibility index (Phi) is 6.77. The lowest BCUT2D eigenvalue weighted by atomic mass is 10.1. The van der Waals surface area contributed by atoms with E-state index in [-0.39, 0.29) is 12.1 Å². The van der Waals surface area contributed by atoms with Gasteiger partial charge in [-0.1, -0.05) is 18.2 Å². The standard InChI is InChI=1S/C20H23F3N2O3/c1-13(16-11-15(27-3)9-10-18(16)28-4)24-19(26)25(2)12-14-7-5-6-8-17(14)20(21,22)23/h5-11,13H,12H2,1-4H3,(H,24,26). The largest absolute Gasteiger partial charge is 0.497 e. The summed E-state index contributed by atoms with van der Waals surface area (Å²) < 4.78 is 49.9. The van der Waals surface area contributed by atoms with Crippen molar-refractivity contribution >= 4 is 6.03 Å². The number of carbonyl (C=O) groups excluding carboxylic acids is 1. The van der Waals surface area contributed by atoms with Gasteiger partial charge in [0.05, 0.1) is 25.8 Å². The molecule has 0 spiro atoms. The van der Waals surface area contributed by atoms with Crippen molar-refractivity contribution in [3.05, 3.63) is 59.2 Å². The van der Waals surface area contributed by atoms with Gasteiger partial charge in [-0.2, -0.15) is 13.2 Å². The molecule has 0 aliphatic rings. The highest BCUT2D eigenvalue weighted by Crippen LogP contribution is 2.32. The Bertz CT molecular complexity index is 825. The first-order valence-electron chi connectivity index (χ1n) is 8.56. The van der Waals surface area contributed by atoms with Crippen molar-refractivity contribution in [1.29, 1.82) is 0 Å². The van der Waals surface area contributed by atoms with E-state index in [1.807, 2.05) is 0 Å². The molecule has 0 bridgehead atoms. The second-order valence-electron chi connectivity index (χ2n) is 6.29. The van der Waals surface area contributed by atoms with Crippen LogP contribution < -0.4 is 14.8 Å². The molecule has 0 aliphatic heterocycles. The first-order chi connectivity index (χ1) is 13.2. The van der Waals surface area contributed by atoms with Gasteiger partial charge in [-0.25, -0.2) is 4.79 Å². The molecule has 5 nitrogen and oxygen atoms in total. The van der Waals surface area contributed by atoms with Crippen molar-refractivity contribution in [2.24, 2.45) is 0 Å². The van der Waals surface area contributed by atoms with Gasteiger partial charge in [-0.15, -0.1) is 0 Å². The summed E-state index contributed by atoms with van der Waals surface area (Å²) in [7, 11) is 4.48. The molecule has 28 heavy (non-hydrogen) atoms. The average Bonchev–Trinajstić information content (AvgIpc) is 2.66. The van der Waals surface area contributed by atoms with E-state index < -0.39 is 23.8 Å². The number of benzene rings is 2. The molecular formula is C20H23F3N2O3. The summed E-state index contributed by atoms with van der Waals surface area (Å²) in [5, 5.41) is 2.77. The number of nitrogens with zero attached hydrogens (tertiary/aromatic N) is 1. The molecule has 0 aliphatic carbocycles. The molecule has 8 heteroatoms. The Balaban J connectivity index is 2.13. The third-order valence-electron chi connectivity index (χ3n) is 4.32. The van der Waals surface area contributed by atoms with E-state index in [0.29, 0.717) is 17.1 Å². The van der Waals surface area contributed by atoms with E-state index in [0.717, 1.165) is 6.07 Å². The highest BCUT2D eigenvalue weighted by Gasteiger charge is 2.33. The molecule has 1 unspecified atom stereocenters. The van der Waals surface area contributed by atoms with Crippen molar-refractivity contribution in [2.75, 3.05) is 21.3 Å². The number of nitrogens with one attached hydrogen (secondary N) is 1. The molecule has 2 rings (SSSR count). The Hall–Kier alpha value is -2.90. The molecule has 0 heterocycles. The smallest absolute Gasteiger partial charge is 0.416 e. The number of halogens is 3. The predicted molar refractivity (Wildman–Crippen MR) is 99.4 cm³/mol. The summed E-state index contributed by atoms with van der Waals surface area (Å²) in [5.41, 5.74) is -0.0317. The molecule has 0 saturated heterocycles. The van der Waals surface area contributed by atoms with Crippen LogP contribution in [0.15, 0.2) is 42.5 Å². The predicted octanol–water partition coefficient (Wildman–Crippen LogP) is 4.63. The zero-order chi connectivity index (χ0) is 20.9. The van der Waals surface area contributed by atoms with Crippen LogP contribution in [0.1, 0.15) is 29.7 Å². The summed E-state index contributed by atoms with van der Waals surface area (Å²) >= 11 is 0. The Labute approximate surface area is 162 Å². The summed E-state index contributed by atoms with van der Waals surface area (Å²) in [6.45, 7) is 1.58. The fraction of sp³-hybridized carbons (Fsp3) is 0.350. The van der Waals surface area contributed by atoms with Gasteiger partial charge in [0.2, 0.25) is 0 Å². The Morgan fingerprint density at radius 3 is 2.43 bits per heavy atom. The maximum atomic E-state index is 13.1. The van der Waals surface area contributed by atoms with Crippen molar-refractivity contribution in [3.63, 3.8) is 0 Å². The van der Waals surface area contributed by atoms with Gasteiger partial charge in [0.15, 0.2) is 0 Å². The van der Waals surface area contributed by atoms with Crippen molar-refractivity contribution in [2.45, 2.75) is 25.7 Å². The molecule has 2 aromatic carbocycles. The number of hydrogen-bond acceptors (Lipinski definition) is 3. The lowest BCUT2D eigenvalue weighted by molar-refractivity contribution is -0.138. The highest BCUT2D eigenvalue weighted by atomic mass is 19.4. The minimum Gasteiger partial charge on any atom is -0.497 e. The van der Waals surface area contributed by atoms with Crippen LogP contribution in [0, 0.1) is 0 Å². The van der Waals surface area contributed by atoms with Gasteiger partial charge in [-0.05, 0) is 36.8 Å². The Morgan fingerprint density at radius 1 is 1.14 bits per heavy atom. The first kappa shape index (κ1) is 21.4. The van der Waals surface area contributed by atoms with Gasteiger partial charge >= 0.3 is 12.2 Å². The third kappa shape index (κ3) is 5.09. The van der Waals surface area contributed by atoms with Gasteiger partial charge in [0.25, 0.3) is 0 Å². The van der Waals surface area contributed by atoms with Crippen molar-refractivity contribution in [3.8, 4) is 11.5 Å². The van der Waals surface area contributed by atoms with Crippen LogP contribution >= 0.6 is 0 Å². The third-order valence-corrected chi connectivity index (χ3v) is 4.32. The van der Waals surface area contributed by atoms with E-state index >= 15 is 0 Å². The van der Waals surface area contributed by atoms with Crippen LogP contribution in [0.4, 0.5) is 18.0 Å². The maximum Gasteiger partial charge on any atom is 0.416 e. The molecule has 0 radical (unpaired) electrons. The second kappa shape index (κ2) is 8.86. The second-order valence-corrected chi connectivity index (χ2v) is 6.29. The number of methoxy groups -OCH3 is 2. The zero-order valence-electron chi connectivity index (χ0n) is 16.1. The van der Waals surface area contributed by atoms with Gasteiger partial charge in [0.1, 0.15) is 11.5 Å². The van der Waals surface area contributed by atoms with Crippen molar-refractivity contribution in [1.82, 2.24) is 10.2 Å². The number of hydrogen-bond donors (Lipinski definition) is 1. The van der Waals surface area contributed by atoms with Crippen LogP contribution in [-0.4, -0.2) is 32.2 Å². The van der Waals surface area contributed by atoms with E-state index in [4.69, 9.17) is 9.47 Å². The topological polar surface area (TPSA) is 50.8 Å². The first-order valence-corrected chi connectivity index (χ1v) is 8.56. The number of urea groups is 1. The average molecular weight is 396 g/mol. The summed E-state index contributed by atoms with van der Waals surface area (Å²) in [4.78, 5) is 13.7. The molecule has 2 amide bonds. The molecule has 0 aromatic heterocycles. The summed E-state index contributed by atoms with van der Waals surface area (Å²) in [6, 6.07) is 9.45. The minimum atomic E-state index is -4.48. The number of amides is 2. The molecule has 1 atom stereocenters. The lowest BCUT2D eigenvalue weighted by Crippen LogP contribution is -2.38. The fourth-order valence-corrected chi connectivity index (χ4v) is 2.81. The van der Waals surface area contributed by atoms with Crippen LogP contribution in [0.3, 0.4) is 0 Å². The van der Waals surface area contributed by atoms with Gasteiger partial charge in [0, 0.05) is 19.2 Å². The fourth-order valence-electron chi connectivity index (χ4n) is 2.81. The van der Waals surface area contributed by atoms with Crippen LogP contribution in [0.2, 0.25) is 0 Å². The van der Waals surface area contributed by atoms with E-state index in [9.17, 15) is 18.0 Å². The maximum absolute atomic E-state index is 13.1. The normalized spacial score (nSPS) is 12.2. The quantitative estimate of drug-likeness (QED) is 0.775. The number of carbonyl (C=O) groups is 1. The van der Waals surface area contributed by atoms with Gasteiger partial charge in [-0.3, -0.25) is 0 Å². The van der Waals surface area contributed by atoms with Crippen LogP contribution in [0.5, 0.6) is 11.5 Å². The molecule has 0 fully saturated rings. The summed E-state index contributed by atoms with van der Waals surface area (Å²) in [5.74, 6) is 1.17. The lowest BCUT2D eigenvalue weighted by Gasteiger charge is -2.24. The molecular weight excluding hydrogens is 373 g/mol. The van der Waals surface area contributed by atoms with Gasteiger partial charge < -0.3 is 19.7 Å². The number of rotatable bonds is 6. The molecule has 0 saturated carbocycles. The van der Waals surface area contributed by atoms with Crippen molar-refractivity contribution < 1.29 is 27.4 Å². The number of alkyl halides is 3. The minimum absolute atomic E-state index is 0.0271. The van der Waals surface area contributed by atoms with Crippen LogP contribution in [-0.2, 0) is 12.7 Å². The van der Waals surface area contributed by atoms with E-state index in [1.54, 1.807) is 25.1 Å². The number of ether oxygens (including phenoxy) is 2. The summed E-state index contributed by atoms with van der Waals surface area (Å²) in [6.07, 6.45) is -4.48. The van der Waals surface area contributed by atoms with E-state index in [1.165, 1.54) is 44.4 Å². The zero-order valence-corrected chi connectivity index (χ0v) is 16.1.